The van der Waals surface area contributed by atoms with E-state index in [-0.39, 0.29) is 0 Å². The van der Waals surface area contributed by atoms with Gasteiger partial charge in [0.15, 0.2) is 0 Å². The predicted molar refractivity (Wildman–Crippen MR) is 67.5 cm³/mol. The van der Waals surface area contributed by atoms with E-state index in [9.17, 15) is 5.11 Å². The topological polar surface area (TPSA) is 67.3 Å². The molecule has 2 atom stereocenters. The number of hydrogen-bond donors (Lipinski definition) is 2. The molecule has 1 aliphatic carbocycles. The second-order valence-corrected chi connectivity index (χ2v) is 5.17. The summed E-state index contributed by atoms with van der Waals surface area (Å²) in [6, 6.07) is 0.562. The number of aliphatic hydroxyl groups is 1. The SMILES string of the molecule is CC(C1CC1)N(C)CC(O)Cn1cc(N)cn1. The van der Waals surface area contributed by atoms with Gasteiger partial charge in [0.2, 0.25) is 0 Å². The van der Waals surface area contributed by atoms with Crippen LogP contribution in [-0.4, -0.2) is 45.5 Å². The van der Waals surface area contributed by atoms with Crippen LogP contribution in [0.4, 0.5) is 5.69 Å². The lowest BCUT2D eigenvalue weighted by atomic mass is 10.2. The summed E-state index contributed by atoms with van der Waals surface area (Å²) in [6.45, 7) is 3.41. The molecule has 2 rings (SSSR count). The van der Waals surface area contributed by atoms with Crippen LogP contribution in [0.3, 0.4) is 0 Å². The normalized spacial score (nSPS) is 19.5. The Morgan fingerprint density at radius 2 is 2.35 bits per heavy atom. The Labute approximate surface area is 102 Å². The Kier molecular flexibility index (Phi) is 3.69. The Bertz CT molecular complexity index is 361. The zero-order valence-electron chi connectivity index (χ0n) is 10.6. The van der Waals surface area contributed by atoms with Crippen molar-refractivity contribution in [2.45, 2.75) is 38.5 Å². The van der Waals surface area contributed by atoms with Crippen LogP contribution in [-0.2, 0) is 6.54 Å². The van der Waals surface area contributed by atoms with Gasteiger partial charge in [0.1, 0.15) is 0 Å². The number of likely N-dealkylation sites (N-methyl/N-ethyl adjacent to an activating group) is 1. The van der Waals surface area contributed by atoms with Gasteiger partial charge in [0, 0.05) is 18.8 Å². The molecule has 1 fully saturated rings. The summed E-state index contributed by atoms with van der Waals surface area (Å²) in [7, 11) is 2.07. The summed E-state index contributed by atoms with van der Waals surface area (Å²) in [6.07, 6.45) is 5.60. The van der Waals surface area contributed by atoms with Crippen LogP contribution in [0.5, 0.6) is 0 Å². The molecule has 1 heterocycles. The third-order valence-corrected chi connectivity index (χ3v) is 3.55. The Balaban J connectivity index is 1.77. The maximum absolute atomic E-state index is 9.99. The van der Waals surface area contributed by atoms with Crippen molar-refractivity contribution in [3.63, 3.8) is 0 Å². The molecule has 1 aliphatic rings. The van der Waals surface area contributed by atoms with Crippen LogP contribution >= 0.6 is 0 Å². The molecule has 1 aromatic heterocycles. The van der Waals surface area contributed by atoms with E-state index >= 15 is 0 Å². The monoisotopic (exact) mass is 238 g/mol. The van der Waals surface area contributed by atoms with Gasteiger partial charge in [-0.2, -0.15) is 5.10 Å². The number of anilines is 1. The standard InChI is InChI=1S/C12H22N4O/c1-9(10-3-4-10)15(2)7-12(17)8-16-6-11(13)5-14-16/h5-6,9-10,12,17H,3-4,7-8,13H2,1-2H3. The van der Waals surface area contributed by atoms with Crippen LogP contribution in [0, 0.1) is 5.92 Å². The third-order valence-electron chi connectivity index (χ3n) is 3.55. The zero-order valence-corrected chi connectivity index (χ0v) is 10.6. The Morgan fingerprint density at radius 1 is 1.65 bits per heavy atom. The minimum Gasteiger partial charge on any atom is -0.396 e. The van der Waals surface area contributed by atoms with E-state index in [0.717, 1.165) is 5.92 Å². The lowest BCUT2D eigenvalue weighted by molar-refractivity contribution is 0.0865. The molecule has 0 aromatic carbocycles. The molecule has 17 heavy (non-hydrogen) atoms. The van der Waals surface area contributed by atoms with Crippen LogP contribution in [0.15, 0.2) is 12.4 Å². The number of nitrogens with zero attached hydrogens (tertiary/aromatic N) is 3. The molecule has 3 N–H and O–H groups in total. The second-order valence-electron chi connectivity index (χ2n) is 5.17. The van der Waals surface area contributed by atoms with Gasteiger partial charge in [-0.3, -0.25) is 4.68 Å². The van der Waals surface area contributed by atoms with E-state index in [1.165, 1.54) is 12.8 Å². The van der Waals surface area contributed by atoms with Crippen LogP contribution in [0.2, 0.25) is 0 Å². The highest BCUT2D eigenvalue weighted by Crippen LogP contribution is 2.34. The van der Waals surface area contributed by atoms with E-state index in [1.807, 2.05) is 0 Å². The smallest absolute Gasteiger partial charge is 0.0862 e. The number of hydrogen-bond acceptors (Lipinski definition) is 4. The average molecular weight is 238 g/mol. The van der Waals surface area contributed by atoms with Crippen molar-refractivity contribution < 1.29 is 5.11 Å². The number of rotatable bonds is 6. The van der Waals surface area contributed by atoms with E-state index in [0.29, 0.717) is 24.8 Å². The minimum absolute atomic E-state index is 0.402. The summed E-state index contributed by atoms with van der Waals surface area (Å²) in [5.74, 6) is 0.826. The van der Waals surface area contributed by atoms with Crippen molar-refractivity contribution in [2.75, 3.05) is 19.3 Å². The zero-order chi connectivity index (χ0) is 12.4. The quantitative estimate of drug-likeness (QED) is 0.760. The van der Waals surface area contributed by atoms with Crippen LogP contribution in [0.1, 0.15) is 19.8 Å². The molecule has 96 valence electrons. The lowest BCUT2D eigenvalue weighted by Crippen LogP contribution is -2.38. The first kappa shape index (κ1) is 12.4. The highest BCUT2D eigenvalue weighted by atomic mass is 16.3. The number of aliphatic hydroxyl groups excluding tert-OH is 1. The first-order valence-corrected chi connectivity index (χ1v) is 6.22. The second kappa shape index (κ2) is 5.06. The predicted octanol–water partition coefficient (Wildman–Crippen LogP) is 0.556. The molecule has 5 nitrogen and oxygen atoms in total. The summed E-state index contributed by atoms with van der Waals surface area (Å²) in [4.78, 5) is 2.23. The maximum atomic E-state index is 9.99. The van der Waals surface area contributed by atoms with Crippen LogP contribution in [0.25, 0.3) is 0 Å². The van der Waals surface area contributed by atoms with Gasteiger partial charge in [0.25, 0.3) is 0 Å². The molecule has 0 spiro atoms. The summed E-state index contributed by atoms with van der Waals surface area (Å²) in [5.41, 5.74) is 6.21. The van der Waals surface area contributed by atoms with E-state index in [1.54, 1.807) is 17.1 Å². The first-order valence-electron chi connectivity index (χ1n) is 6.22. The van der Waals surface area contributed by atoms with Crippen molar-refractivity contribution in [3.05, 3.63) is 12.4 Å². The largest absolute Gasteiger partial charge is 0.396 e. The molecule has 5 heteroatoms. The van der Waals surface area contributed by atoms with Crippen molar-refractivity contribution in [3.8, 4) is 0 Å². The van der Waals surface area contributed by atoms with Crippen LogP contribution < -0.4 is 5.73 Å². The van der Waals surface area contributed by atoms with E-state index in [2.05, 4.69) is 24.0 Å². The number of nitrogen functional groups attached to an aromatic ring is 1. The maximum Gasteiger partial charge on any atom is 0.0862 e. The molecular weight excluding hydrogens is 216 g/mol. The highest BCUT2D eigenvalue weighted by molar-refractivity contribution is 5.30. The molecule has 2 unspecified atom stereocenters. The molecule has 0 radical (unpaired) electrons. The third kappa shape index (κ3) is 3.44. The molecule has 1 aromatic rings. The van der Waals surface area contributed by atoms with Crippen molar-refractivity contribution in [1.82, 2.24) is 14.7 Å². The van der Waals surface area contributed by atoms with Crippen molar-refractivity contribution in [1.29, 1.82) is 0 Å². The van der Waals surface area contributed by atoms with Gasteiger partial charge in [-0.25, -0.2) is 0 Å². The Hall–Kier alpha value is -1.07. The first-order chi connectivity index (χ1) is 8.06. The fraction of sp³-hybridized carbons (Fsp3) is 0.750. The molecule has 0 amide bonds. The van der Waals surface area contributed by atoms with Gasteiger partial charge in [-0.1, -0.05) is 0 Å². The van der Waals surface area contributed by atoms with Crippen molar-refractivity contribution >= 4 is 5.69 Å². The van der Waals surface area contributed by atoms with Gasteiger partial charge in [0.05, 0.1) is 24.5 Å². The van der Waals surface area contributed by atoms with Gasteiger partial charge in [-0.15, -0.1) is 0 Å². The summed E-state index contributed by atoms with van der Waals surface area (Å²) >= 11 is 0. The number of nitrogens with two attached hydrogens (primary N) is 1. The molecular formula is C12H22N4O. The molecule has 0 saturated heterocycles. The fourth-order valence-electron chi connectivity index (χ4n) is 2.19. The minimum atomic E-state index is -0.402. The average Bonchev–Trinajstić information content (AvgIpc) is 3.02. The van der Waals surface area contributed by atoms with Gasteiger partial charge >= 0.3 is 0 Å². The van der Waals surface area contributed by atoms with Gasteiger partial charge in [-0.05, 0) is 32.7 Å². The fourth-order valence-corrected chi connectivity index (χ4v) is 2.19. The molecule has 1 saturated carbocycles. The number of aromatic nitrogens is 2. The van der Waals surface area contributed by atoms with Crippen molar-refractivity contribution in [2.24, 2.45) is 5.92 Å². The van der Waals surface area contributed by atoms with Gasteiger partial charge < -0.3 is 15.7 Å². The van der Waals surface area contributed by atoms with E-state index in [4.69, 9.17) is 5.73 Å². The van der Waals surface area contributed by atoms with E-state index < -0.39 is 6.10 Å². The lowest BCUT2D eigenvalue weighted by Gasteiger charge is -2.26. The summed E-state index contributed by atoms with van der Waals surface area (Å²) < 4.78 is 1.69. The summed E-state index contributed by atoms with van der Waals surface area (Å²) in [5, 5.41) is 14.1. The highest BCUT2D eigenvalue weighted by Gasteiger charge is 2.30. The molecule has 0 bridgehead atoms. The Morgan fingerprint density at radius 3 is 2.88 bits per heavy atom. The molecule has 0 aliphatic heterocycles.